The summed E-state index contributed by atoms with van der Waals surface area (Å²) in [5, 5.41) is 0. The van der Waals surface area contributed by atoms with Crippen LogP contribution in [0.5, 0.6) is 0 Å². The first-order chi connectivity index (χ1) is 7.90. The molecule has 1 aromatic carbocycles. The van der Waals surface area contributed by atoms with E-state index in [0.29, 0.717) is 6.07 Å². The Morgan fingerprint density at radius 2 is 1.94 bits per heavy atom. The van der Waals surface area contributed by atoms with E-state index in [4.69, 9.17) is 5.73 Å². The van der Waals surface area contributed by atoms with E-state index >= 15 is 0 Å². The summed E-state index contributed by atoms with van der Waals surface area (Å²) < 4.78 is 39.0. The molecule has 1 aromatic rings. The molecule has 0 spiro atoms. The first kappa shape index (κ1) is 13.5. The molecular weight excluding hydrogens is 233 g/mol. The molecule has 1 rings (SSSR count). The van der Waals surface area contributed by atoms with Crippen LogP contribution in [-0.2, 0) is 0 Å². The first-order valence-electron chi connectivity index (χ1n) is 5.00. The molecule has 1 atom stereocenters. The highest BCUT2D eigenvalue weighted by Crippen LogP contribution is 2.17. The van der Waals surface area contributed by atoms with Gasteiger partial charge in [0.1, 0.15) is 0 Å². The Bertz CT molecular complexity index is 437. The minimum atomic E-state index is -1.65. The van der Waals surface area contributed by atoms with Gasteiger partial charge in [-0.15, -0.1) is 0 Å². The van der Waals surface area contributed by atoms with Crippen LogP contribution in [0.15, 0.2) is 12.1 Å². The molecule has 0 saturated heterocycles. The Morgan fingerprint density at radius 3 is 2.47 bits per heavy atom. The minimum absolute atomic E-state index is 0.188. The van der Waals surface area contributed by atoms with Gasteiger partial charge in [0.25, 0.3) is 5.91 Å². The molecular formula is C11H13F3N2O. The Labute approximate surface area is 97.0 Å². The lowest BCUT2D eigenvalue weighted by molar-refractivity contribution is 0.0742. The van der Waals surface area contributed by atoms with Gasteiger partial charge in [-0.25, -0.2) is 13.2 Å². The van der Waals surface area contributed by atoms with Crippen LogP contribution in [0.3, 0.4) is 0 Å². The number of amides is 1. The van der Waals surface area contributed by atoms with Crippen molar-refractivity contribution in [3.8, 4) is 0 Å². The zero-order chi connectivity index (χ0) is 13.2. The third kappa shape index (κ3) is 2.58. The van der Waals surface area contributed by atoms with Gasteiger partial charge in [0, 0.05) is 19.6 Å². The summed E-state index contributed by atoms with van der Waals surface area (Å²) in [5.74, 6) is -5.19. The zero-order valence-corrected chi connectivity index (χ0v) is 9.51. The summed E-state index contributed by atoms with van der Waals surface area (Å²) >= 11 is 0. The molecule has 0 aliphatic rings. The third-order valence-corrected chi connectivity index (χ3v) is 2.59. The maximum atomic E-state index is 13.3. The van der Waals surface area contributed by atoms with Crippen LogP contribution in [0.25, 0.3) is 0 Å². The Hall–Kier alpha value is -1.56. The van der Waals surface area contributed by atoms with Crippen LogP contribution < -0.4 is 5.73 Å². The van der Waals surface area contributed by atoms with Crippen molar-refractivity contribution >= 4 is 5.91 Å². The molecule has 6 heteroatoms. The lowest BCUT2D eigenvalue weighted by atomic mass is 10.1. The number of benzene rings is 1. The number of hydrogen-bond acceptors (Lipinski definition) is 2. The van der Waals surface area contributed by atoms with Gasteiger partial charge in [-0.2, -0.15) is 0 Å². The first-order valence-corrected chi connectivity index (χ1v) is 5.00. The lowest BCUT2D eigenvalue weighted by Gasteiger charge is -2.23. The fourth-order valence-electron chi connectivity index (χ4n) is 1.24. The van der Waals surface area contributed by atoms with Gasteiger partial charge >= 0.3 is 0 Å². The number of nitrogens with two attached hydrogens (primary N) is 1. The van der Waals surface area contributed by atoms with Crippen molar-refractivity contribution in [3.05, 3.63) is 35.1 Å². The van der Waals surface area contributed by atoms with Crippen LogP contribution in [0.2, 0.25) is 0 Å². The molecule has 0 aromatic heterocycles. The molecule has 0 fully saturated rings. The molecule has 2 N–H and O–H groups in total. The number of hydrogen-bond donors (Lipinski definition) is 1. The topological polar surface area (TPSA) is 46.3 Å². The van der Waals surface area contributed by atoms with Gasteiger partial charge in [-0.1, -0.05) is 0 Å². The SMILES string of the molecule is CC(CN)N(C)C(=O)c1ccc(F)c(F)c1F. The summed E-state index contributed by atoms with van der Waals surface area (Å²) in [6, 6.07) is 1.30. The third-order valence-electron chi connectivity index (χ3n) is 2.59. The molecule has 3 nitrogen and oxygen atoms in total. The normalized spacial score (nSPS) is 12.4. The number of halogens is 3. The minimum Gasteiger partial charge on any atom is -0.338 e. The van der Waals surface area contributed by atoms with Crippen molar-refractivity contribution in [3.63, 3.8) is 0 Å². The number of rotatable bonds is 3. The van der Waals surface area contributed by atoms with Crippen LogP contribution >= 0.6 is 0 Å². The average Bonchev–Trinajstić information content (AvgIpc) is 2.33. The summed E-state index contributed by atoms with van der Waals surface area (Å²) in [6.45, 7) is 1.85. The maximum absolute atomic E-state index is 13.3. The number of carbonyl (C=O) groups excluding carboxylic acids is 1. The predicted octanol–water partition coefficient (Wildman–Crippen LogP) is 1.52. The van der Waals surface area contributed by atoms with E-state index in [1.54, 1.807) is 6.92 Å². The van der Waals surface area contributed by atoms with E-state index in [9.17, 15) is 18.0 Å². The van der Waals surface area contributed by atoms with E-state index in [0.717, 1.165) is 6.07 Å². The summed E-state index contributed by atoms with van der Waals surface area (Å²) in [7, 11) is 1.42. The fourth-order valence-corrected chi connectivity index (χ4v) is 1.24. The van der Waals surface area contributed by atoms with Gasteiger partial charge in [-0.3, -0.25) is 4.79 Å². The monoisotopic (exact) mass is 246 g/mol. The summed E-state index contributed by atoms with van der Waals surface area (Å²) in [5.41, 5.74) is 4.85. The molecule has 0 bridgehead atoms. The average molecular weight is 246 g/mol. The van der Waals surface area contributed by atoms with Crippen LogP contribution in [-0.4, -0.2) is 30.4 Å². The smallest absolute Gasteiger partial charge is 0.256 e. The number of likely N-dealkylation sites (N-methyl/N-ethyl adjacent to an activating group) is 1. The Morgan fingerprint density at radius 1 is 1.35 bits per heavy atom. The van der Waals surface area contributed by atoms with Crippen molar-refractivity contribution in [1.82, 2.24) is 4.90 Å². The molecule has 0 heterocycles. The second-order valence-corrected chi connectivity index (χ2v) is 3.72. The zero-order valence-electron chi connectivity index (χ0n) is 9.51. The second-order valence-electron chi connectivity index (χ2n) is 3.72. The van der Waals surface area contributed by atoms with Crippen LogP contribution in [0.4, 0.5) is 13.2 Å². The van der Waals surface area contributed by atoms with Crippen molar-refractivity contribution in [2.45, 2.75) is 13.0 Å². The Balaban J connectivity index is 3.09. The molecule has 1 amide bonds. The number of carbonyl (C=O) groups is 1. The Kier molecular flexibility index (Phi) is 4.11. The number of nitrogens with zero attached hydrogens (tertiary/aromatic N) is 1. The summed E-state index contributed by atoms with van der Waals surface area (Å²) in [4.78, 5) is 12.9. The van der Waals surface area contributed by atoms with Gasteiger partial charge in [0.2, 0.25) is 0 Å². The van der Waals surface area contributed by atoms with Crippen molar-refractivity contribution in [2.24, 2.45) is 5.73 Å². The lowest BCUT2D eigenvalue weighted by Crippen LogP contribution is -2.40. The van der Waals surface area contributed by atoms with E-state index in [2.05, 4.69) is 0 Å². The molecule has 1 unspecified atom stereocenters. The highest BCUT2D eigenvalue weighted by Gasteiger charge is 2.23. The van der Waals surface area contributed by atoms with Crippen LogP contribution in [0, 0.1) is 17.5 Å². The molecule has 0 saturated carbocycles. The van der Waals surface area contributed by atoms with Crippen molar-refractivity contribution in [2.75, 3.05) is 13.6 Å². The molecule has 94 valence electrons. The van der Waals surface area contributed by atoms with Crippen molar-refractivity contribution in [1.29, 1.82) is 0 Å². The second kappa shape index (κ2) is 5.18. The standard InChI is InChI=1S/C11H13F3N2O/c1-6(5-15)16(2)11(17)7-3-4-8(12)10(14)9(7)13/h3-4,6H,5,15H2,1-2H3. The molecule has 0 aliphatic heterocycles. The van der Waals surface area contributed by atoms with Gasteiger partial charge < -0.3 is 10.6 Å². The molecule has 17 heavy (non-hydrogen) atoms. The van der Waals surface area contributed by atoms with E-state index in [1.165, 1.54) is 11.9 Å². The highest BCUT2D eigenvalue weighted by molar-refractivity contribution is 5.94. The molecule has 0 radical (unpaired) electrons. The van der Waals surface area contributed by atoms with Gasteiger partial charge in [0.05, 0.1) is 5.56 Å². The van der Waals surface area contributed by atoms with Gasteiger partial charge in [-0.05, 0) is 19.1 Å². The summed E-state index contributed by atoms with van der Waals surface area (Å²) in [6.07, 6.45) is 0. The van der Waals surface area contributed by atoms with Crippen molar-refractivity contribution < 1.29 is 18.0 Å². The highest BCUT2D eigenvalue weighted by atomic mass is 19.2. The fraction of sp³-hybridized carbons (Fsp3) is 0.364. The van der Waals surface area contributed by atoms with Crippen LogP contribution in [0.1, 0.15) is 17.3 Å². The molecule has 0 aliphatic carbocycles. The van der Waals surface area contributed by atoms with E-state index < -0.39 is 28.9 Å². The van der Waals surface area contributed by atoms with E-state index in [-0.39, 0.29) is 12.6 Å². The quantitative estimate of drug-likeness (QED) is 0.822. The maximum Gasteiger partial charge on any atom is 0.256 e. The predicted molar refractivity (Wildman–Crippen MR) is 56.9 cm³/mol. The van der Waals surface area contributed by atoms with Gasteiger partial charge in [0.15, 0.2) is 17.5 Å². The van der Waals surface area contributed by atoms with E-state index in [1.807, 2.05) is 0 Å². The largest absolute Gasteiger partial charge is 0.338 e.